The lowest BCUT2D eigenvalue weighted by Crippen LogP contribution is -2.41. The Labute approximate surface area is 138 Å². The highest BCUT2D eigenvalue weighted by Crippen LogP contribution is 2.17. The van der Waals surface area contributed by atoms with Gasteiger partial charge in [0.15, 0.2) is 0 Å². The second-order valence-electron chi connectivity index (χ2n) is 5.55. The lowest BCUT2D eigenvalue weighted by atomic mass is 10.1. The number of hydrazine groups is 1. The molecule has 2 amide bonds. The van der Waals surface area contributed by atoms with Crippen molar-refractivity contribution in [2.45, 2.75) is 26.7 Å². The van der Waals surface area contributed by atoms with E-state index in [1.165, 1.54) is 0 Å². The highest BCUT2D eigenvalue weighted by atomic mass is 16.5. The van der Waals surface area contributed by atoms with Gasteiger partial charge in [0.05, 0.1) is 11.3 Å². The minimum Gasteiger partial charge on any atom is -0.361 e. The lowest BCUT2D eigenvalue weighted by molar-refractivity contribution is -0.121. The van der Waals surface area contributed by atoms with E-state index in [0.29, 0.717) is 17.7 Å². The predicted octanol–water partition coefficient (Wildman–Crippen LogP) is 2.17. The minimum absolute atomic E-state index is 0.233. The number of benzene rings is 1. The predicted molar refractivity (Wildman–Crippen MR) is 88.2 cm³/mol. The van der Waals surface area contributed by atoms with E-state index >= 15 is 0 Å². The Morgan fingerprint density at radius 2 is 2.00 bits per heavy atom. The fourth-order valence-electron chi connectivity index (χ4n) is 2.61. The molecule has 0 fully saturated rings. The van der Waals surface area contributed by atoms with Gasteiger partial charge in [-0.1, -0.05) is 23.4 Å². The molecule has 0 radical (unpaired) electrons. The first-order valence-corrected chi connectivity index (χ1v) is 7.63. The summed E-state index contributed by atoms with van der Waals surface area (Å²) in [7, 11) is 0. The van der Waals surface area contributed by atoms with Crippen molar-refractivity contribution in [3.63, 3.8) is 0 Å². The van der Waals surface area contributed by atoms with Crippen LogP contribution in [0.2, 0.25) is 0 Å². The number of aryl methyl sites for hydroxylation is 2. The third kappa shape index (κ3) is 3.15. The van der Waals surface area contributed by atoms with Gasteiger partial charge in [-0.2, -0.15) is 0 Å². The summed E-state index contributed by atoms with van der Waals surface area (Å²) < 4.78 is 5.06. The molecule has 2 heterocycles. The van der Waals surface area contributed by atoms with Gasteiger partial charge >= 0.3 is 0 Å². The van der Waals surface area contributed by atoms with Gasteiger partial charge in [0.1, 0.15) is 5.76 Å². The van der Waals surface area contributed by atoms with Gasteiger partial charge in [0.2, 0.25) is 5.91 Å². The number of H-pyrrole nitrogens is 1. The Balaban J connectivity index is 1.55. The number of nitrogens with zero attached hydrogens (tertiary/aromatic N) is 1. The van der Waals surface area contributed by atoms with Crippen molar-refractivity contribution in [3.8, 4) is 0 Å². The van der Waals surface area contributed by atoms with E-state index in [9.17, 15) is 9.59 Å². The van der Waals surface area contributed by atoms with E-state index < -0.39 is 0 Å². The summed E-state index contributed by atoms with van der Waals surface area (Å²) >= 11 is 0. The van der Waals surface area contributed by atoms with Gasteiger partial charge in [-0.05, 0) is 26.3 Å². The molecule has 3 N–H and O–H groups in total. The first-order chi connectivity index (χ1) is 11.6. The number of hydrogen-bond acceptors (Lipinski definition) is 4. The zero-order chi connectivity index (χ0) is 17.1. The fraction of sp³-hybridized carbons (Fsp3) is 0.235. The molecule has 1 aromatic carbocycles. The molecule has 0 atom stereocenters. The summed E-state index contributed by atoms with van der Waals surface area (Å²) in [5.41, 5.74) is 7.93. The van der Waals surface area contributed by atoms with E-state index in [4.69, 9.17) is 4.52 Å². The highest BCUT2D eigenvalue weighted by Gasteiger charge is 2.14. The average Bonchev–Trinajstić information content (AvgIpc) is 3.15. The van der Waals surface area contributed by atoms with E-state index in [1.807, 2.05) is 38.1 Å². The molecule has 0 aliphatic heterocycles. The minimum atomic E-state index is -0.363. The normalized spacial score (nSPS) is 10.8. The van der Waals surface area contributed by atoms with Gasteiger partial charge in [0, 0.05) is 29.1 Å². The third-order valence-corrected chi connectivity index (χ3v) is 3.93. The summed E-state index contributed by atoms with van der Waals surface area (Å²) in [4.78, 5) is 27.1. The van der Waals surface area contributed by atoms with Crippen molar-refractivity contribution in [1.29, 1.82) is 0 Å². The smallest absolute Gasteiger partial charge is 0.271 e. The van der Waals surface area contributed by atoms with Crippen molar-refractivity contribution in [2.75, 3.05) is 0 Å². The van der Waals surface area contributed by atoms with Gasteiger partial charge in [-0.3, -0.25) is 20.4 Å². The van der Waals surface area contributed by atoms with Crippen LogP contribution in [0.25, 0.3) is 10.9 Å². The van der Waals surface area contributed by atoms with Crippen LogP contribution in [0.5, 0.6) is 0 Å². The lowest BCUT2D eigenvalue weighted by Gasteiger charge is -2.06. The molecule has 7 heteroatoms. The summed E-state index contributed by atoms with van der Waals surface area (Å²) in [6.45, 7) is 3.65. The quantitative estimate of drug-likeness (QED) is 0.640. The van der Waals surface area contributed by atoms with Crippen LogP contribution in [0.3, 0.4) is 0 Å². The molecule has 24 heavy (non-hydrogen) atoms. The average molecular weight is 326 g/mol. The fourth-order valence-corrected chi connectivity index (χ4v) is 2.61. The monoisotopic (exact) mass is 326 g/mol. The Hall–Kier alpha value is -3.09. The second kappa shape index (κ2) is 6.57. The van der Waals surface area contributed by atoms with Crippen molar-refractivity contribution in [1.82, 2.24) is 21.0 Å². The molecule has 7 nitrogen and oxygen atoms in total. The number of rotatable bonds is 4. The Kier molecular flexibility index (Phi) is 4.33. The van der Waals surface area contributed by atoms with E-state index in [-0.39, 0.29) is 18.2 Å². The molecule has 0 aliphatic rings. The van der Waals surface area contributed by atoms with Gasteiger partial charge in [0.25, 0.3) is 5.91 Å². The Bertz CT molecular complexity index is 875. The number of carbonyl (C=O) groups excluding carboxylic acids is 2. The number of amides is 2. The SMILES string of the molecule is Cc1noc(C)c1CCC(=O)NNC(=O)c1c[nH]c2ccccc12. The highest BCUT2D eigenvalue weighted by molar-refractivity contribution is 6.07. The van der Waals surface area contributed by atoms with Crippen LogP contribution in [0.1, 0.15) is 33.8 Å². The molecule has 0 saturated carbocycles. The van der Waals surface area contributed by atoms with Crippen molar-refractivity contribution in [2.24, 2.45) is 0 Å². The molecule has 0 bridgehead atoms. The molecule has 3 rings (SSSR count). The summed E-state index contributed by atoms with van der Waals surface area (Å²) in [5, 5.41) is 4.66. The zero-order valence-electron chi connectivity index (χ0n) is 13.5. The number of para-hydroxylation sites is 1. The van der Waals surface area contributed by atoms with E-state index in [1.54, 1.807) is 6.20 Å². The second-order valence-corrected chi connectivity index (χ2v) is 5.55. The van der Waals surface area contributed by atoms with Crippen LogP contribution in [-0.2, 0) is 11.2 Å². The van der Waals surface area contributed by atoms with Gasteiger partial charge in [-0.25, -0.2) is 0 Å². The molecule has 2 aromatic heterocycles. The number of aromatic nitrogens is 2. The first-order valence-electron chi connectivity index (χ1n) is 7.63. The van der Waals surface area contributed by atoms with Crippen LogP contribution in [-0.4, -0.2) is 22.0 Å². The molecular weight excluding hydrogens is 308 g/mol. The van der Waals surface area contributed by atoms with E-state index in [0.717, 1.165) is 22.2 Å². The number of fused-ring (bicyclic) bond motifs is 1. The Morgan fingerprint density at radius 3 is 2.75 bits per heavy atom. The van der Waals surface area contributed by atoms with Gasteiger partial charge in [-0.15, -0.1) is 0 Å². The number of hydrogen-bond donors (Lipinski definition) is 3. The molecule has 3 aromatic rings. The maximum absolute atomic E-state index is 12.2. The summed E-state index contributed by atoms with van der Waals surface area (Å²) in [6, 6.07) is 7.47. The van der Waals surface area contributed by atoms with Crippen molar-refractivity contribution < 1.29 is 14.1 Å². The molecular formula is C17H18N4O3. The molecule has 0 spiro atoms. The molecule has 0 aliphatic carbocycles. The maximum atomic E-state index is 12.2. The van der Waals surface area contributed by atoms with Crippen LogP contribution in [0.4, 0.5) is 0 Å². The standard InChI is InChI=1S/C17H18N4O3/c1-10-12(11(2)24-21-10)7-8-16(22)19-20-17(23)14-9-18-15-6-4-3-5-13(14)15/h3-6,9,18H,7-8H2,1-2H3,(H,19,22)(H,20,23). The number of carbonyl (C=O) groups is 2. The van der Waals surface area contributed by atoms with Crippen LogP contribution in [0, 0.1) is 13.8 Å². The van der Waals surface area contributed by atoms with Crippen LogP contribution >= 0.6 is 0 Å². The van der Waals surface area contributed by atoms with Gasteiger partial charge < -0.3 is 9.51 Å². The Morgan fingerprint density at radius 1 is 1.21 bits per heavy atom. The number of aromatic amines is 1. The molecule has 124 valence electrons. The van der Waals surface area contributed by atoms with Crippen LogP contribution < -0.4 is 10.9 Å². The zero-order valence-corrected chi connectivity index (χ0v) is 13.5. The van der Waals surface area contributed by atoms with Crippen molar-refractivity contribution >= 4 is 22.7 Å². The maximum Gasteiger partial charge on any atom is 0.271 e. The summed E-state index contributed by atoms with van der Waals surface area (Å²) in [6.07, 6.45) is 2.36. The molecule has 0 unspecified atom stereocenters. The van der Waals surface area contributed by atoms with Crippen LogP contribution in [0.15, 0.2) is 35.0 Å². The third-order valence-electron chi connectivity index (χ3n) is 3.93. The number of nitrogens with one attached hydrogen (secondary N) is 3. The van der Waals surface area contributed by atoms with Crippen molar-refractivity contribution in [3.05, 3.63) is 53.0 Å². The van der Waals surface area contributed by atoms with E-state index in [2.05, 4.69) is 21.0 Å². The first kappa shape index (κ1) is 15.8. The topological polar surface area (TPSA) is 100 Å². The largest absolute Gasteiger partial charge is 0.361 e. The summed E-state index contributed by atoms with van der Waals surface area (Å²) in [5.74, 6) is 0.0736. The molecule has 0 saturated heterocycles.